The highest BCUT2D eigenvalue weighted by molar-refractivity contribution is 8.00. The normalized spacial score (nSPS) is 12.9. The minimum absolute atomic E-state index is 0.0388. The first-order chi connectivity index (χ1) is 8.07. The van der Waals surface area contributed by atoms with Crippen molar-refractivity contribution in [1.82, 2.24) is 0 Å². The maximum absolute atomic E-state index is 11.8. The number of carboxylic acids is 1. The van der Waals surface area contributed by atoms with E-state index in [1.54, 1.807) is 0 Å². The molecule has 0 saturated heterocycles. The van der Waals surface area contributed by atoms with Gasteiger partial charge in [-0.1, -0.05) is 26.2 Å². The van der Waals surface area contributed by atoms with E-state index in [9.17, 15) is 13.6 Å². The van der Waals surface area contributed by atoms with Crippen molar-refractivity contribution in [2.75, 3.05) is 5.75 Å². The van der Waals surface area contributed by atoms with Crippen LogP contribution < -0.4 is 0 Å². The highest BCUT2D eigenvalue weighted by atomic mass is 32.2. The van der Waals surface area contributed by atoms with Gasteiger partial charge < -0.3 is 5.11 Å². The monoisotopic (exact) mass is 268 g/mol. The van der Waals surface area contributed by atoms with E-state index in [2.05, 4.69) is 0 Å². The molecule has 0 heterocycles. The molecule has 0 aromatic heterocycles. The number of thioether (sulfide) groups is 1. The van der Waals surface area contributed by atoms with Gasteiger partial charge in [-0.05, 0) is 25.0 Å². The van der Waals surface area contributed by atoms with Crippen LogP contribution in [0.15, 0.2) is 0 Å². The zero-order valence-electron chi connectivity index (χ0n) is 10.3. The first-order valence-electron chi connectivity index (χ1n) is 6.20. The first kappa shape index (κ1) is 16.7. The quantitative estimate of drug-likeness (QED) is 0.571. The molecule has 5 heteroatoms. The topological polar surface area (TPSA) is 37.3 Å². The lowest BCUT2D eigenvalue weighted by Crippen LogP contribution is -2.16. The Kier molecular flexibility index (Phi) is 10.6. The molecule has 102 valence electrons. The molecule has 0 aromatic carbocycles. The lowest BCUT2D eigenvalue weighted by atomic mass is 10.2. The van der Waals surface area contributed by atoms with Crippen LogP contribution in [0.1, 0.15) is 51.9 Å². The summed E-state index contributed by atoms with van der Waals surface area (Å²) in [6.45, 7) is 2.04. The second kappa shape index (κ2) is 10.8. The minimum atomic E-state index is -2.21. The largest absolute Gasteiger partial charge is 0.480 e. The maximum Gasteiger partial charge on any atom is 0.316 e. The number of halogens is 2. The van der Waals surface area contributed by atoms with Gasteiger partial charge in [0.15, 0.2) is 0 Å². The first-order valence-corrected chi connectivity index (χ1v) is 7.25. The summed E-state index contributed by atoms with van der Waals surface area (Å²) in [7, 11) is 0. The summed E-state index contributed by atoms with van der Waals surface area (Å²) < 4.78 is 23.7. The summed E-state index contributed by atoms with van der Waals surface area (Å²) in [5, 5.41) is 8.63. The van der Waals surface area contributed by atoms with Crippen molar-refractivity contribution < 1.29 is 18.7 Å². The van der Waals surface area contributed by atoms with Gasteiger partial charge >= 0.3 is 5.97 Å². The van der Waals surface area contributed by atoms with Gasteiger partial charge in [0.25, 0.3) is 0 Å². The third-order valence-corrected chi connectivity index (χ3v) is 3.85. The van der Waals surface area contributed by atoms with Crippen LogP contribution in [0, 0.1) is 0 Å². The van der Waals surface area contributed by atoms with Crippen LogP contribution in [-0.2, 0) is 4.79 Å². The number of carboxylic acid groups (broad SMARTS) is 1. The molecule has 0 radical (unpaired) electrons. The molecule has 0 bridgehead atoms. The molecule has 0 spiro atoms. The fourth-order valence-electron chi connectivity index (χ4n) is 1.47. The average Bonchev–Trinajstić information content (AvgIpc) is 2.26. The van der Waals surface area contributed by atoms with Crippen molar-refractivity contribution in [3.63, 3.8) is 0 Å². The number of unbranched alkanes of at least 4 members (excludes halogenated alkanes) is 3. The Hall–Kier alpha value is -0.320. The van der Waals surface area contributed by atoms with Crippen molar-refractivity contribution in [3.05, 3.63) is 0 Å². The Morgan fingerprint density at radius 1 is 1.18 bits per heavy atom. The van der Waals surface area contributed by atoms with Crippen molar-refractivity contribution in [2.45, 2.75) is 63.5 Å². The van der Waals surface area contributed by atoms with Crippen LogP contribution in [0.5, 0.6) is 0 Å². The van der Waals surface area contributed by atoms with Crippen molar-refractivity contribution >= 4 is 17.7 Å². The number of rotatable bonds is 11. The van der Waals surface area contributed by atoms with E-state index >= 15 is 0 Å². The number of aliphatic carboxylic acids is 1. The van der Waals surface area contributed by atoms with Crippen LogP contribution in [0.2, 0.25) is 0 Å². The smallest absolute Gasteiger partial charge is 0.316 e. The molecular formula is C12H22F2O2S. The van der Waals surface area contributed by atoms with E-state index in [0.717, 1.165) is 31.4 Å². The fourth-order valence-corrected chi connectivity index (χ4v) is 2.60. The Morgan fingerprint density at radius 2 is 1.88 bits per heavy atom. The molecule has 0 fully saturated rings. The van der Waals surface area contributed by atoms with E-state index in [0.29, 0.717) is 12.8 Å². The van der Waals surface area contributed by atoms with Gasteiger partial charge in [0.05, 0.1) is 0 Å². The van der Waals surface area contributed by atoms with Crippen LogP contribution >= 0.6 is 11.8 Å². The van der Waals surface area contributed by atoms with Crippen LogP contribution in [0.4, 0.5) is 8.78 Å². The Balaban J connectivity index is 3.51. The van der Waals surface area contributed by atoms with Gasteiger partial charge in [-0.2, -0.15) is 0 Å². The van der Waals surface area contributed by atoms with E-state index < -0.39 is 12.4 Å². The van der Waals surface area contributed by atoms with Crippen molar-refractivity contribution in [1.29, 1.82) is 0 Å². The molecule has 2 nitrogen and oxygen atoms in total. The third-order valence-electron chi connectivity index (χ3n) is 2.48. The summed E-state index contributed by atoms with van der Waals surface area (Å²) in [6, 6.07) is 0. The molecule has 0 saturated carbocycles. The van der Waals surface area contributed by atoms with Gasteiger partial charge in [-0.25, -0.2) is 8.78 Å². The molecule has 0 aliphatic carbocycles. The van der Waals surface area contributed by atoms with Gasteiger partial charge in [0, 0.05) is 6.42 Å². The van der Waals surface area contributed by atoms with E-state index in [1.807, 2.05) is 6.92 Å². The second-order valence-electron chi connectivity index (χ2n) is 4.08. The summed E-state index contributed by atoms with van der Waals surface area (Å²) >= 11 is 1.44. The molecular weight excluding hydrogens is 246 g/mol. The standard InChI is InChI=1S/C12H22F2O2S/c1-2-3-7-10(12(15)16)17-9-6-4-5-8-11(13)14/h10-11H,2-9H2,1H3,(H,15,16). The Labute approximate surface area is 106 Å². The molecule has 1 unspecified atom stereocenters. The lowest BCUT2D eigenvalue weighted by Gasteiger charge is -2.11. The highest BCUT2D eigenvalue weighted by Crippen LogP contribution is 2.20. The summed E-state index contributed by atoms with van der Waals surface area (Å²) in [6.07, 6.45) is 2.50. The van der Waals surface area contributed by atoms with E-state index in [1.165, 1.54) is 11.8 Å². The Bertz CT molecular complexity index is 201. The predicted molar refractivity (Wildman–Crippen MR) is 67.9 cm³/mol. The SMILES string of the molecule is CCCCC(SCCCCCC(F)F)C(=O)O. The maximum atomic E-state index is 11.8. The third kappa shape index (κ3) is 10.5. The van der Waals surface area contributed by atoms with Crippen LogP contribution in [0.3, 0.4) is 0 Å². The number of hydrogen-bond acceptors (Lipinski definition) is 2. The minimum Gasteiger partial charge on any atom is -0.480 e. The predicted octanol–water partition coefficient (Wildman–Crippen LogP) is 4.19. The van der Waals surface area contributed by atoms with E-state index in [-0.39, 0.29) is 11.7 Å². The zero-order valence-corrected chi connectivity index (χ0v) is 11.1. The highest BCUT2D eigenvalue weighted by Gasteiger charge is 2.16. The van der Waals surface area contributed by atoms with Crippen molar-refractivity contribution in [2.24, 2.45) is 0 Å². The van der Waals surface area contributed by atoms with Gasteiger partial charge in [0.2, 0.25) is 6.43 Å². The number of alkyl halides is 2. The Morgan fingerprint density at radius 3 is 2.41 bits per heavy atom. The molecule has 0 amide bonds. The average molecular weight is 268 g/mol. The number of carbonyl (C=O) groups is 1. The molecule has 0 aromatic rings. The summed E-state index contributed by atoms with van der Waals surface area (Å²) in [4.78, 5) is 10.9. The second-order valence-corrected chi connectivity index (χ2v) is 5.39. The molecule has 17 heavy (non-hydrogen) atoms. The molecule has 1 atom stereocenters. The summed E-state index contributed by atoms with van der Waals surface area (Å²) in [5.41, 5.74) is 0. The van der Waals surface area contributed by atoms with Gasteiger partial charge in [-0.3, -0.25) is 4.79 Å². The molecule has 0 aliphatic rings. The molecule has 0 aliphatic heterocycles. The number of hydrogen-bond donors (Lipinski definition) is 1. The lowest BCUT2D eigenvalue weighted by molar-refractivity contribution is -0.136. The summed E-state index contributed by atoms with van der Waals surface area (Å²) in [5.74, 6) is 0.000212. The van der Waals surface area contributed by atoms with Crippen LogP contribution in [0.25, 0.3) is 0 Å². The molecule has 1 N–H and O–H groups in total. The fraction of sp³-hybridized carbons (Fsp3) is 0.917. The van der Waals surface area contributed by atoms with Gasteiger partial charge in [0.1, 0.15) is 5.25 Å². The van der Waals surface area contributed by atoms with Crippen molar-refractivity contribution in [3.8, 4) is 0 Å². The van der Waals surface area contributed by atoms with Crippen LogP contribution in [-0.4, -0.2) is 28.5 Å². The van der Waals surface area contributed by atoms with Gasteiger partial charge in [-0.15, -0.1) is 11.8 Å². The molecule has 0 rings (SSSR count). The zero-order chi connectivity index (χ0) is 13.1. The van der Waals surface area contributed by atoms with E-state index in [4.69, 9.17) is 5.11 Å².